The molecule has 1 aromatic carbocycles. The fourth-order valence-electron chi connectivity index (χ4n) is 2.76. The lowest BCUT2D eigenvalue weighted by Gasteiger charge is -2.36. The van der Waals surface area contributed by atoms with Crippen molar-refractivity contribution in [3.05, 3.63) is 33.9 Å². The van der Waals surface area contributed by atoms with Gasteiger partial charge >= 0.3 is 6.09 Å². The van der Waals surface area contributed by atoms with E-state index in [1.54, 1.807) is 11.0 Å². The fraction of sp³-hybridized carbons (Fsp3) is 0.611. The van der Waals surface area contributed by atoms with Crippen LogP contribution in [-0.2, 0) is 4.74 Å². The van der Waals surface area contributed by atoms with Crippen molar-refractivity contribution in [2.24, 2.45) is 0 Å². The van der Waals surface area contributed by atoms with Crippen LogP contribution in [0.4, 0.5) is 16.2 Å². The smallest absolute Gasteiger partial charge is 0.410 e. The van der Waals surface area contributed by atoms with Crippen molar-refractivity contribution >= 4 is 17.5 Å². The van der Waals surface area contributed by atoms with Gasteiger partial charge in [-0.25, -0.2) is 4.79 Å². The van der Waals surface area contributed by atoms with Gasteiger partial charge in [0.1, 0.15) is 11.3 Å². The van der Waals surface area contributed by atoms with E-state index in [-0.39, 0.29) is 16.7 Å². The molecule has 0 saturated carbocycles. The molecule has 0 spiro atoms. The summed E-state index contributed by atoms with van der Waals surface area (Å²) in [4.78, 5) is 26.8. The monoisotopic (exact) mass is 349 g/mol. The Morgan fingerprint density at radius 1 is 1.20 bits per heavy atom. The zero-order valence-corrected chi connectivity index (χ0v) is 15.6. The predicted molar refractivity (Wildman–Crippen MR) is 97.2 cm³/mol. The molecular formula is C18H27N3O4. The van der Waals surface area contributed by atoms with E-state index < -0.39 is 5.60 Å². The van der Waals surface area contributed by atoms with E-state index in [1.165, 1.54) is 0 Å². The summed E-state index contributed by atoms with van der Waals surface area (Å²) >= 11 is 0. The molecule has 7 heteroatoms. The summed E-state index contributed by atoms with van der Waals surface area (Å²) in [7, 11) is 0. The molecule has 138 valence electrons. The van der Waals surface area contributed by atoms with Gasteiger partial charge in [0.05, 0.1) is 4.92 Å². The second kappa shape index (κ2) is 7.29. The first kappa shape index (κ1) is 19.0. The number of carbonyl (C=O) groups excluding carboxylic acids is 1. The summed E-state index contributed by atoms with van der Waals surface area (Å²) < 4.78 is 5.39. The van der Waals surface area contributed by atoms with Gasteiger partial charge in [-0.1, -0.05) is 19.9 Å². The van der Waals surface area contributed by atoms with Crippen LogP contribution in [0.15, 0.2) is 18.2 Å². The molecule has 1 aliphatic rings. The first-order valence-corrected chi connectivity index (χ1v) is 8.59. The Morgan fingerprint density at radius 3 is 2.28 bits per heavy atom. The van der Waals surface area contributed by atoms with E-state index >= 15 is 0 Å². The Balaban J connectivity index is 2.13. The Morgan fingerprint density at radius 2 is 1.80 bits per heavy atom. The van der Waals surface area contributed by atoms with Gasteiger partial charge in [-0.2, -0.15) is 0 Å². The lowest BCUT2D eigenvalue weighted by atomic mass is 10.0. The molecule has 0 radical (unpaired) electrons. The average Bonchev–Trinajstić information content (AvgIpc) is 2.52. The van der Waals surface area contributed by atoms with E-state index in [1.807, 2.05) is 37.8 Å². The van der Waals surface area contributed by atoms with Crippen molar-refractivity contribution in [3.8, 4) is 0 Å². The number of nitro benzene ring substituents is 1. The van der Waals surface area contributed by atoms with Crippen LogP contribution in [0.2, 0.25) is 0 Å². The van der Waals surface area contributed by atoms with Crippen LogP contribution >= 0.6 is 0 Å². The molecular weight excluding hydrogens is 322 g/mol. The molecule has 2 rings (SSSR count). The maximum atomic E-state index is 12.2. The number of carbonyl (C=O) groups is 1. The average molecular weight is 349 g/mol. The second-order valence-electron chi connectivity index (χ2n) is 7.61. The SMILES string of the molecule is CC(C)c1ccc([N+](=O)[O-])c(N2CCN(C(=O)OC(C)(C)C)CC2)c1. The minimum Gasteiger partial charge on any atom is -0.444 e. The molecule has 1 fully saturated rings. The number of anilines is 1. The molecule has 1 heterocycles. The molecule has 1 aliphatic heterocycles. The number of hydrogen-bond acceptors (Lipinski definition) is 5. The van der Waals surface area contributed by atoms with E-state index in [0.717, 1.165) is 5.56 Å². The molecule has 1 aromatic rings. The van der Waals surface area contributed by atoms with Gasteiger partial charge in [0.25, 0.3) is 5.69 Å². The van der Waals surface area contributed by atoms with Crippen LogP contribution in [0.5, 0.6) is 0 Å². The van der Waals surface area contributed by atoms with E-state index in [2.05, 4.69) is 13.8 Å². The van der Waals surface area contributed by atoms with Crippen LogP contribution in [0.3, 0.4) is 0 Å². The summed E-state index contributed by atoms with van der Waals surface area (Å²) in [6.45, 7) is 11.7. The highest BCUT2D eigenvalue weighted by Gasteiger charge is 2.28. The van der Waals surface area contributed by atoms with Crippen LogP contribution < -0.4 is 4.90 Å². The van der Waals surface area contributed by atoms with Gasteiger partial charge in [0.15, 0.2) is 0 Å². The lowest BCUT2D eigenvalue weighted by Crippen LogP contribution is -2.50. The number of nitro groups is 1. The quantitative estimate of drug-likeness (QED) is 0.613. The molecule has 0 atom stereocenters. The number of nitrogens with zero attached hydrogens (tertiary/aromatic N) is 3. The highest BCUT2D eigenvalue weighted by atomic mass is 16.6. The first-order chi connectivity index (χ1) is 11.6. The Bertz CT molecular complexity index is 644. The van der Waals surface area contributed by atoms with Crippen LogP contribution in [0.25, 0.3) is 0 Å². The zero-order chi connectivity index (χ0) is 18.8. The van der Waals surface area contributed by atoms with E-state index in [0.29, 0.717) is 37.8 Å². The Kier molecular flexibility index (Phi) is 5.55. The highest BCUT2D eigenvalue weighted by molar-refractivity contribution is 5.70. The third-order valence-electron chi connectivity index (χ3n) is 4.13. The second-order valence-corrected chi connectivity index (χ2v) is 7.61. The topological polar surface area (TPSA) is 75.9 Å². The highest BCUT2D eigenvalue weighted by Crippen LogP contribution is 2.32. The van der Waals surface area contributed by atoms with Crippen molar-refractivity contribution in [1.82, 2.24) is 4.90 Å². The molecule has 0 aliphatic carbocycles. The first-order valence-electron chi connectivity index (χ1n) is 8.59. The van der Waals surface area contributed by atoms with Crippen LogP contribution in [0.1, 0.15) is 46.1 Å². The molecule has 0 unspecified atom stereocenters. The molecule has 1 saturated heterocycles. The number of rotatable bonds is 3. The number of hydrogen-bond donors (Lipinski definition) is 0. The summed E-state index contributed by atoms with van der Waals surface area (Å²) in [5, 5.41) is 11.4. The minimum absolute atomic E-state index is 0.107. The summed E-state index contributed by atoms with van der Waals surface area (Å²) in [6, 6.07) is 5.28. The number of benzene rings is 1. The summed E-state index contributed by atoms with van der Waals surface area (Å²) in [6.07, 6.45) is -0.336. The van der Waals surface area contributed by atoms with Gasteiger partial charge < -0.3 is 14.5 Å². The molecule has 25 heavy (non-hydrogen) atoms. The number of ether oxygens (including phenoxy) is 1. The lowest BCUT2D eigenvalue weighted by molar-refractivity contribution is -0.384. The molecule has 0 bridgehead atoms. The number of amides is 1. The van der Waals surface area contributed by atoms with Crippen molar-refractivity contribution in [2.45, 2.75) is 46.1 Å². The van der Waals surface area contributed by atoms with Gasteiger partial charge in [-0.15, -0.1) is 0 Å². The van der Waals surface area contributed by atoms with Crippen LogP contribution in [0, 0.1) is 10.1 Å². The maximum Gasteiger partial charge on any atom is 0.410 e. The van der Waals surface area contributed by atoms with E-state index in [4.69, 9.17) is 4.74 Å². The third kappa shape index (κ3) is 4.84. The van der Waals surface area contributed by atoms with Crippen molar-refractivity contribution in [1.29, 1.82) is 0 Å². The molecule has 1 amide bonds. The largest absolute Gasteiger partial charge is 0.444 e. The normalized spacial score (nSPS) is 15.4. The predicted octanol–water partition coefficient (Wildman–Crippen LogP) is 3.78. The minimum atomic E-state index is -0.529. The standard InChI is InChI=1S/C18H27N3O4/c1-13(2)14-6-7-15(21(23)24)16(12-14)19-8-10-20(11-9-19)17(22)25-18(3,4)5/h6-7,12-13H,8-11H2,1-5H3. The summed E-state index contributed by atoms with van der Waals surface area (Å²) in [5.41, 5.74) is 1.27. The van der Waals surface area contributed by atoms with Crippen molar-refractivity contribution < 1.29 is 14.5 Å². The van der Waals surface area contributed by atoms with E-state index in [9.17, 15) is 14.9 Å². The van der Waals surface area contributed by atoms with Gasteiger partial charge in [-0.05, 0) is 38.3 Å². The maximum absolute atomic E-state index is 12.2. The Hall–Kier alpha value is -2.31. The molecule has 0 aromatic heterocycles. The molecule has 0 N–H and O–H groups in total. The van der Waals surface area contributed by atoms with Crippen molar-refractivity contribution in [2.75, 3.05) is 31.1 Å². The number of piperazine rings is 1. The van der Waals surface area contributed by atoms with Gasteiger partial charge in [-0.3, -0.25) is 10.1 Å². The van der Waals surface area contributed by atoms with Gasteiger partial charge in [0.2, 0.25) is 0 Å². The van der Waals surface area contributed by atoms with Crippen LogP contribution in [-0.4, -0.2) is 47.7 Å². The summed E-state index contributed by atoms with van der Waals surface area (Å²) in [5.74, 6) is 0.294. The van der Waals surface area contributed by atoms with Gasteiger partial charge in [0, 0.05) is 32.2 Å². The van der Waals surface area contributed by atoms with Crippen molar-refractivity contribution in [3.63, 3.8) is 0 Å². The Labute approximate surface area is 148 Å². The third-order valence-corrected chi connectivity index (χ3v) is 4.13. The fourth-order valence-corrected chi connectivity index (χ4v) is 2.76. The zero-order valence-electron chi connectivity index (χ0n) is 15.6. The molecule has 7 nitrogen and oxygen atoms in total.